The lowest BCUT2D eigenvalue weighted by Gasteiger charge is -2.07. The van der Waals surface area contributed by atoms with E-state index >= 15 is 0 Å². The van der Waals surface area contributed by atoms with Gasteiger partial charge in [-0.15, -0.1) is 0 Å². The highest BCUT2D eigenvalue weighted by Crippen LogP contribution is 2.23. The van der Waals surface area contributed by atoms with Gasteiger partial charge in [0.2, 0.25) is 0 Å². The third-order valence-electron chi connectivity index (χ3n) is 4.34. The van der Waals surface area contributed by atoms with Crippen molar-refractivity contribution >= 4 is 34.8 Å². The molecule has 31 heavy (non-hydrogen) atoms. The van der Waals surface area contributed by atoms with Gasteiger partial charge in [-0.2, -0.15) is 10.2 Å². The molecule has 0 atom stereocenters. The molecule has 2 aromatic heterocycles. The summed E-state index contributed by atoms with van der Waals surface area (Å²) < 4.78 is 22.5. The van der Waals surface area contributed by atoms with Crippen LogP contribution >= 0.6 is 23.2 Å². The first-order valence-corrected chi connectivity index (χ1v) is 9.92. The van der Waals surface area contributed by atoms with Gasteiger partial charge in [-0.3, -0.25) is 9.48 Å². The summed E-state index contributed by atoms with van der Waals surface area (Å²) in [6.45, 7) is 0.230. The van der Waals surface area contributed by atoms with Gasteiger partial charge in [0.05, 0.1) is 23.5 Å². The van der Waals surface area contributed by atoms with Gasteiger partial charge in [0.25, 0.3) is 5.91 Å². The Balaban J connectivity index is 1.36. The standard InChI is InChI=1S/C21H16Cl2FN5O2/c22-16-5-3-6-18(24)15(16)12-29-11-14(10-25-29)26-21(30)19-8-9-28(27-19)13-31-20-7-2-1-4-17(20)23/h1-11H,12-13H2,(H,26,30). The van der Waals surface area contributed by atoms with Crippen LogP contribution in [0.2, 0.25) is 10.0 Å². The van der Waals surface area contributed by atoms with Crippen molar-refractivity contribution in [2.45, 2.75) is 13.3 Å². The van der Waals surface area contributed by atoms with Crippen molar-refractivity contribution in [1.29, 1.82) is 0 Å². The van der Waals surface area contributed by atoms with Crippen LogP contribution in [0.5, 0.6) is 5.75 Å². The Kier molecular flexibility index (Phi) is 6.20. The van der Waals surface area contributed by atoms with Crippen LogP contribution in [-0.2, 0) is 13.3 Å². The number of nitrogens with zero attached hydrogens (tertiary/aromatic N) is 4. The summed E-state index contributed by atoms with van der Waals surface area (Å²) >= 11 is 12.1. The van der Waals surface area contributed by atoms with Crippen LogP contribution in [0, 0.1) is 5.82 Å². The largest absolute Gasteiger partial charge is 0.470 e. The van der Waals surface area contributed by atoms with Gasteiger partial charge < -0.3 is 10.1 Å². The number of carbonyl (C=O) groups excluding carboxylic acids is 1. The molecule has 1 N–H and O–H groups in total. The molecular weight excluding hydrogens is 444 g/mol. The molecule has 0 radical (unpaired) electrons. The van der Waals surface area contributed by atoms with E-state index < -0.39 is 11.7 Å². The number of carbonyl (C=O) groups is 1. The van der Waals surface area contributed by atoms with E-state index in [0.717, 1.165) is 0 Å². The molecule has 158 valence electrons. The number of hydrogen-bond acceptors (Lipinski definition) is 4. The lowest BCUT2D eigenvalue weighted by Crippen LogP contribution is -2.14. The summed E-state index contributed by atoms with van der Waals surface area (Å²) in [7, 11) is 0. The summed E-state index contributed by atoms with van der Waals surface area (Å²) in [6.07, 6.45) is 4.66. The van der Waals surface area contributed by atoms with Crippen LogP contribution < -0.4 is 10.1 Å². The Hall–Kier alpha value is -3.36. The second-order valence-electron chi connectivity index (χ2n) is 6.53. The van der Waals surface area contributed by atoms with E-state index in [1.807, 2.05) is 6.07 Å². The molecule has 0 bridgehead atoms. The first-order valence-electron chi connectivity index (χ1n) is 9.17. The van der Waals surface area contributed by atoms with Crippen LogP contribution in [0.1, 0.15) is 16.1 Å². The maximum Gasteiger partial charge on any atom is 0.276 e. The highest BCUT2D eigenvalue weighted by atomic mass is 35.5. The number of benzene rings is 2. The average Bonchev–Trinajstić information content (AvgIpc) is 3.40. The minimum atomic E-state index is -0.418. The molecule has 2 aromatic carbocycles. The molecular formula is C21H16Cl2FN5O2. The third kappa shape index (κ3) is 5.04. The van der Waals surface area contributed by atoms with Crippen LogP contribution in [0.3, 0.4) is 0 Å². The normalized spacial score (nSPS) is 10.8. The van der Waals surface area contributed by atoms with E-state index in [1.54, 1.807) is 42.7 Å². The minimum Gasteiger partial charge on any atom is -0.470 e. The van der Waals surface area contributed by atoms with E-state index in [-0.39, 0.29) is 19.0 Å². The van der Waals surface area contributed by atoms with Crippen molar-refractivity contribution in [3.63, 3.8) is 0 Å². The second kappa shape index (κ2) is 9.20. The van der Waals surface area contributed by atoms with Crippen molar-refractivity contribution in [3.8, 4) is 5.75 Å². The van der Waals surface area contributed by atoms with Crippen molar-refractivity contribution in [2.24, 2.45) is 0 Å². The quantitative estimate of drug-likeness (QED) is 0.428. The number of rotatable bonds is 7. The molecule has 0 aliphatic carbocycles. The highest BCUT2D eigenvalue weighted by Gasteiger charge is 2.13. The summed E-state index contributed by atoms with van der Waals surface area (Å²) in [5.74, 6) is -0.314. The molecule has 1 amide bonds. The highest BCUT2D eigenvalue weighted by molar-refractivity contribution is 6.32. The van der Waals surface area contributed by atoms with E-state index in [0.29, 0.717) is 27.0 Å². The summed E-state index contributed by atoms with van der Waals surface area (Å²) in [5.41, 5.74) is 0.967. The Morgan fingerprint density at radius 1 is 1.06 bits per heavy atom. The van der Waals surface area contributed by atoms with E-state index in [1.165, 1.54) is 27.7 Å². The fraction of sp³-hybridized carbons (Fsp3) is 0.0952. The number of ether oxygens (including phenoxy) is 1. The van der Waals surface area contributed by atoms with E-state index in [9.17, 15) is 9.18 Å². The number of anilines is 1. The fourth-order valence-corrected chi connectivity index (χ4v) is 3.22. The van der Waals surface area contributed by atoms with Crippen molar-refractivity contribution in [2.75, 3.05) is 5.32 Å². The predicted molar refractivity (Wildman–Crippen MR) is 115 cm³/mol. The van der Waals surface area contributed by atoms with Gasteiger partial charge in [-0.1, -0.05) is 41.4 Å². The van der Waals surface area contributed by atoms with Crippen molar-refractivity contribution < 1.29 is 13.9 Å². The first-order chi connectivity index (χ1) is 15.0. The predicted octanol–water partition coefficient (Wildman–Crippen LogP) is 4.86. The number of amides is 1. The van der Waals surface area contributed by atoms with Crippen LogP contribution in [0.4, 0.5) is 10.1 Å². The van der Waals surface area contributed by atoms with E-state index in [2.05, 4.69) is 15.5 Å². The molecule has 0 unspecified atom stereocenters. The summed E-state index contributed by atoms with van der Waals surface area (Å²) in [4.78, 5) is 12.5. The Bertz CT molecular complexity index is 1200. The maximum atomic E-state index is 13.9. The smallest absolute Gasteiger partial charge is 0.276 e. The van der Waals surface area contributed by atoms with Crippen LogP contribution in [0.15, 0.2) is 67.1 Å². The zero-order valence-corrected chi connectivity index (χ0v) is 17.5. The lowest BCUT2D eigenvalue weighted by atomic mass is 10.2. The Morgan fingerprint density at radius 3 is 2.68 bits per heavy atom. The Labute approximate surface area is 187 Å². The monoisotopic (exact) mass is 459 g/mol. The number of nitrogens with one attached hydrogen (secondary N) is 1. The van der Waals surface area contributed by atoms with Gasteiger partial charge in [0.15, 0.2) is 12.4 Å². The van der Waals surface area contributed by atoms with Gasteiger partial charge in [-0.25, -0.2) is 9.07 Å². The van der Waals surface area contributed by atoms with Gasteiger partial charge >= 0.3 is 0 Å². The minimum absolute atomic E-state index is 0.0956. The van der Waals surface area contributed by atoms with Crippen LogP contribution in [-0.4, -0.2) is 25.5 Å². The molecule has 4 aromatic rings. The van der Waals surface area contributed by atoms with Gasteiger partial charge in [-0.05, 0) is 30.3 Å². The lowest BCUT2D eigenvalue weighted by molar-refractivity contribution is 0.102. The van der Waals surface area contributed by atoms with Crippen LogP contribution in [0.25, 0.3) is 0 Å². The van der Waals surface area contributed by atoms with E-state index in [4.69, 9.17) is 27.9 Å². The molecule has 4 rings (SSSR count). The zero-order chi connectivity index (χ0) is 21.8. The topological polar surface area (TPSA) is 74.0 Å². The number of halogens is 3. The van der Waals surface area contributed by atoms with Crippen molar-refractivity contribution in [3.05, 3.63) is 94.2 Å². The Morgan fingerprint density at radius 2 is 1.87 bits per heavy atom. The molecule has 0 aliphatic heterocycles. The van der Waals surface area contributed by atoms with Crippen molar-refractivity contribution in [1.82, 2.24) is 19.6 Å². The molecule has 7 nitrogen and oxygen atoms in total. The number of aromatic nitrogens is 4. The molecule has 0 fully saturated rings. The third-order valence-corrected chi connectivity index (χ3v) is 5.00. The molecule has 10 heteroatoms. The van der Waals surface area contributed by atoms with Gasteiger partial charge in [0.1, 0.15) is 11.6 Å². The second-order valence-corrected chi connectivity index (χ2v) is 7.34. The summed E-state index contributed by atoms with van der Waals surface area (Å²) in [5, 5.41) is 11.8. The first kappa shape index (κ1) is 20.9. The molecule has 2 heterocycles. The molecule has 0 spiro atoms. The maximum absolute atomic E-state index is 13.9. The summed E-state index contributed by atoms with van der Waals surface area (Å²) in [6, 6.07) is 13.1. The molecule has 0 saturated carbocycles. The number of para-hydroxylation sites is 1. The average molecular weight is 460 g/mol. The molecule has 0 saturated heterocycles. The van der Waals surface area contributed by atoms with Gasteiger partial charge in [0, 0.05) is 23.0 Å². The zero-order valence-electron chi connectivity index (χ0n) is 16.0. The fourth-order valence-electron chi connectivity index (χ4n) is 2.81. The molecule has 0 aliphatic rings. The SMILES string of the molecule is O=C(Nc1cnn(Cc2c(F)cccc2Cl)c1)c1ccn(COc2ccccc2Cl)n1. The number of hydrogen-bond donors (Lipinski definition) is 1.